The average molecular weight is 321 g/mol. The topological polar surface area (TPSA) is 96.0 Å². The monoisotopic (exact) mass is 321 g/mol. The summed E-state index contributed by atoms with van der Waals surface area (Å²) in [7, 11) is 0. The first-order valence-corrected chi connectivity index (χ1v) is 7.74. The molecule has 2 amide bonds. The van der Waals surface area contributed by atoms with Crippen molar-refractivity contribution in [2.75, 3.05) is 0 Å². The summed E-state index contributed by atoms with van der Waals surface area (Å²) in [5, 5.41) is 11.2. The van der Waals surface area contributed by atoms with Crippen molar-refractivity contribution >= 4 is 11.8 Å². The van der Waals surface area contributed by atoms with Crippen LogP contribution in [0.25, 0.3) is 11.1 Å². The van der Waals surface area contributed by atoms with E-state index >= 15 is 0 Å². The summed E-state index contributed by atoms with van der Waals surface area (Å²) in [6.07, 6.45) is 1.19. The predicted octanol–water partition coefficient (Wildman–Crippen LogP) is 2.63. The smallest absolute Gasteiger partial charge is 0.251 e. The lowest BCUT2D eigenvalue weighted by molar-refractivity contribution is -0.120. The van der Waals surface area contributed by atoms with Crippen LogP contribution in [0.3, 0.4) is 0 Å². The number of benzene rings is 2. The molecule has 122 valence electrons. The molecule has 0 saturated heterocycles. The van der Waals surface area contributed by atoms with Crippen LogP contribution in [0.4, 0.5) is 0 Å². The van der Waals surface area contributed by atoms with Crippen molar-refractivity contribution in [1.82, 2.24) is 5.32 Å². The van der Waals surface area contributed by atoms with Crippen molar-refractivity contribution < 1.29 is 9.59 Å². The van der Waals surface area contributed by atoms with Gasteiger partial charge >= 0.3 is 0 Å². The Morgan fingerprint density at radius 1 is 1.04 bits per heavy atom. The zero-order valence-corrected chi connectivity index (χ0v) is 13.2. The molecule has 0 fully saturated rings. The number of carbonyl (C=O) groups excluding carboxylic acids is 2. The molecule has 5 heteroatoms. The molecule has 2 aromatic carbocycles. The maximum absolute atomic E-state index is 12.3. The van der Waals surface area contributed by atoms with E-state index in [1.165, 1.54) is 0 Å². The van der Waals surface area contributed by atoms with Gasteiger partial charge in [-0.2, -0.15) is 5.26 Å². The Bertz CT molecular complexity index is 733. The highest BCUT2D eigenvalue weighted by molar-refractivity contribution is 5.97. The second-order valence-electron chi connectivity index (χ2n) is 5.42. The molecular formula is C19H19N3O2. The molecule has 0 radical (unpaired) electrons. The minimum atomic E-state index is -0.764. The van der Waals surface area contributed by atoms with E-state index in [0.29, 0.717) is 24.8 Å². The van der Waals surface area contributed by atoms with E-state index in [0.717, 1.165) is 11.1 Å². The van der Waals surface area contributed by atoms with Gasteiger partial charge < -0.3 is 11.1 Å². The van der Waals surface area contributed by atoms with Crippen LogP contribution in [0, 0.1) is 11.3 Å². The Morgan fingerprint density at radius 3 is 2.25 bits per heavy atom. The molecule has 5 nitrogen and oxygen atoms in total. The standard InChI is InChI=1S/C19H19N3O2/c20-13-5-4-8-17(18(21)23)22-19(24)16-11-9-15(10-12-16)14-6-2-1-3-7-14/h1-3,6-7,9-12,17H,4-5,8H2,(H2,21,23)(H,22,24)/t17-/m0/s1. The largest absolute Gasteiger partial charge is 0.368 e. The number of amides is 2. The third-order valence-corrected chi connectivity index (χ3v) is 3.68. The number of nitrogens with zero attached hydrogens (tertiary/aromatic N) is 1. The van der Waals surface area contributed by atoms with Gasteiger partial charge in [-0.25, -0.2) is 0 Å². The summed E-state index contributed by atoms with van der Waals surface area (Å²) in [4.78, 5) is 23.7. The molecule has 0 bridgehead atoms. The van der Waals surface area contributed by atoms with Crippen LogP contribution >= 0.6 is 0 Å². The van der Waals surface area contributed by atoms with Gasteiger partial charge in [-0.15, -0.1) is 0 Å². The number of primary amides is 1. The molecule has 0 saturated carbocycles. The van der Waals surface area contributed by atoms with E-state index in [-0.39, 0.29) is 5.91 Å². The van der Waals surface area contributed by atoms with Crippen molar-refractivity contribution in [2.45, 2.75) is 25.3 Å². The number of nitriles is 1. The number of nitrogens with two attached hydrogens (primary N) is 1. The molecule has 0 aliphatic rings. The molecule has 2 rings (SSSR count). The third-order valence-electron chi connectivity index (χ3n) is 3.68. The van der Waals surface area contributed by atoms with Crippen molar-refractivity contribution in [3.05, 3.63) is 60.2 Å². The Morgan fingerprint density at radius 2 is 1.67 bits per heavy atom. The van der Waals surface area contributed by atoms with E-state index in [1.807, 2.05) is 48.5 Å². The van der Waals surface area contributed by atoms with Crippen LogP contribution in [0.15, 0.2) is 54.6 Å². The molecule has 0 heterocycles. The highest BCUT2D eigenvalue weighted by atomic mass is 16.2. The Labute approximate surface area is 141 Å². The molecule has 0 aromatic heterocycles. The van der Waals surface area contributed by atoms with Crippen molar-refractivity contribution in [3.8, 4) is 17.2 Å². The zero-order chi connectivity index (χ0) is 17.4. The van der Waals surface area contributed by atoms with Gasteiger partial charge in [0.25, 0.3) is 5.91 Å². The molecule has 0 unspecified atom stereocenters. The molecule has 1 atom stereocenters. The molecule has 3 N–H and O–H groups in total. The molecule has 0 spiro atoms. The first kappa shape index (κ1) is 17.2. The van der Waals surface area contributed by atoms with Crippen LogP contribution in [0.2, 0.25) is 0 Å². The zero-order valence-electron chi connectivity index (χ0n) is 13.2. The fourth-order valence-electron chi connectivity index (χ4n) is 2.36. The minimum absolute atomic E-state index is 0.325. The van der Waals surface area contributed by atoms with Gasteiger partial charge in [0.2, 0.25) is 5.91 Å². The maximum Gasteiger partial charge on any atom is 0.251 e. The lowest BCUT2D eigenvalue weighted by atomic mass is 10.0. The SMILES string of the molecule is N#CCCC[C@H](NC(=O)c1ccc(-c2ccccc2)cc1)C(N)=O. The van der Waals surface area contributed by atoms with Gasteiger partial charge in [-0.1, -0.05) is 42.5 Å². The van der Waals surface area contributed by atoms with Crippen LogP contribution in [0.1, 0.15) is 29.6 Å². The van der Waals surface area contributed by atoms with E-state index < -0.39 is 11.9 Å². The lowest BCUT2D eigenvalue weighted by Gasteiger charge is -2.15. The Hall–Kier alpha value is -3.13. The number of carbonyl (C=O) groups is 2. The van der Waals surface area contributed by atoms with Gasteiger partial charge in [0.15, 0.2) is 0 Å². The van der Waals surface area contributed by atoms with E-state index in [4.69, 9.17) is 11.0 Å². The third kappa shape index (κ3) is 4.68. The Kier molecular flexibility index (Phi) is 6.09. The first-order chi connectivity index (χ1) is 11.6. The van der Waals surface area contributed by atoms with Gasteiger partial charge in [-0.05, 0) is 36.1 Å². The molecule has 2 aromatic rings. The maximum atomic E-state index is 12.3. The lowest BCUT2D eigenvalue weighted by Crippen LogP contribution is -2.44. The summed E-state index contributed by atoms with van der Waals surface area (Å²) in [6, 6.07) is 18.2. The van der Waals surface area contributed by atoms with Crippen LogP contribution in [-0.2, 0) is 4.79 Å². The number of hydrogen-bond donors (Lipinski definition) is 2. The van der Waals surface area contributed by atoms with Gasteiger partial charge in [0.05, 0.1) is 6.07 Å². The second kappa shape index (κ2) is 8.49. The quantitative estimate of drug-likeness (QED) is 0.767. The highest BCUT2D eigenvalue weighted by Crippen LogP contribution is 2.19. The highest BCUT2D eigenvalue weighted by Gasteiger charge is 2.18. The fourth-order valence-corrected chi connectivity index (χ4v) is 2.36. The van der Waals surface area contributed by atoms with Gasteiger partial charge in [-0.3, -0.25) is 9.59 Å². The van der Waals surface area contributed by atoms with Crippen LogP contribution < -0.4 is 11.1 Å². The van der Waals surface area contributed by atoms with Crippen molar-refractivity contribution in [1.29, 1.82) is 5.26 Å². The van der Waals surface area contributed by atoms with Crippen molar-refractivity contribution in [3.63, 3.8) is 0 Å². The van der Waals surface area contributed by atoms with E-state index in [2.05, 4.69) is 5.32 Å². The molecule has 24 heavy (non-hydrogen) atoms. The normalized spacial score (nSPS) is 11.3. The summed E-state index contributed by atoms with van der Waals surface area (Å²) in [5.74, 6) is -0.947. The summed E-state index contributed by atoms with van der Waals surface area (Å²) < 4.78 is 0. The van der Waals surface area contributed by atoms with Crippen molar-refractivity contribution in [2.24, 2.45) is 5.73 Å². The summed E-state index contributed by atoms with van der Waals surface area (Å²) in [6.45, 7) is 0. The van der Waals surface area contributed by atoms with E-state index in [1.54, 1.807) is 12.1 Å². The van der Waals surface area contributed by atoms with E-state index in [9.17, 15) is 9.59 Å². The van der Waals surface area contributed by atoms with Crippen LogP contribution in [0.5, 0.6) is 0 Å². The van der Waals surface area contributed by atoms with Gasteiger partial charge in [0, 0.05) is 12.0 Å². The summed E-state index contributed by atoms with van der Waals surface area (Å²) >= 11 is 0. The minimum Gasteiger partial charge on any atom is -0.368 e. The summed E-state index contributed by atoms with van der Waals surface area (Å²) in [5.41, 5.74) is 7.84. The van der Waals surface area contributed by atoms with Crippen LogP contribution in [-0.4, -0.2) is 17.9 Å². The molecular weight excluding hydrogens is 302 g/mol. The molecule has 0 aliphatic carbocycles. The Balaban J connectivity index is 2.03. The first-order valence-electron chi connectivity index (χ1n) is 7.74. The number of hydrogen-bond acceptors (Lipinski definition) is 3. The second-order valence-corrected chi connectivity index (χ2v) is 5.42. The average Bonchev–Trinajstić information content (AvgIpc) is 2.61. The van der Waals surface area contributed by atoms with Gasteiger partial charge in [0.1, 0.15) is 6.04 Å². The number of nitrogens with one attached hydrogen (secondary N) is 1. The fraction of sp³-hybridized carbons (Fsp3) is 0.211. The number of unbranched alkanes of at least 4 members (excludes halogenated alkanes) is 1. The predicted molar refractivity (Wildman–Crippen MR) is 91.8 cm³/mol. The number of rotatable bonds is 7. The molecule has 0 aliphatic heterocycles.